The van der Waals surface area contributed by atoms with Crippen LogP contribution in [0.5, 0.6) is 0 Å². The van der Waals surface area contributed by atoms with Gasteiger partial charge in [0.2, 0.25) is 0 Å². The van der Waals surface area contributed by atoms with Gasteiger partial charge in [0.1, 0.15) is 0 Å². The highest BCUT2D eigenvalue weighted by atomic mass is 32.2. The second-order valence-electron chi connectivity index (χ2n) is 4.45. The number of amides is 1. The van der Waals surface area contributed by atoms with Crippen molar-refractivity contribution in [1.82, 2.24) is 4.90 Å². The van der Waals surface area contributed by atoms with Crippen molar-refractivity contribution in [2.75, 3.05) is 13.1 Å². The van der Waals surface area contributed by atoms with Gasteiger partial charge in [-0.25, -0.2) is 0 Å². The number of carbonyl (C=O) groups is 1. The summed E-state index contributed by atoms with van der Waals surface area (Å²) in [6.07, 6.45) is 3.47. The minimum atomic E-state index is 0.0311. The molecular formula is C16H21NOS. The van der Waals surface area contributed by atoms with Crippen molar-refractivity contribution in [3.05, 3.63) is 55.1 Å². The fourth-order valence-electron chi connectivity index (χ4n) is 1.72. The van der Waals surface area contributed by atoms with Crippen LogP contribution in [0.1, 0.15) is 24.2 Å². The van der Waals surface area contributed by atoms with Crippen LogP contribution in [0.2, 0.25) is 0 Å². The quantitative estimate of drug-likeness (QED) is 0.554. The van der Waals surface area contributed by atoms with Crippen molar-refractivity contribution < 1.29 is 4.79 Å². The van der Waals surface area contributed by atoms with E-state index in [2.05, 4.69) is 27.0 Å². The Kier molecular flexibility index (Phi) is 6.43. The molecule has 1 rings (SSSR count). The number of hydrogen-bond donors (Lipinski definition) is 0. The number of rotatable bonds is 7. The molecule has 0 aliphatic heterocycles. The maximum absolute atomic E-state index is 12.5. The molecule has 0 radical (unpaired) electrons. The van der Waals surface area contributed by atoms with E-state index in [1.807, 2.05) is 24.3 Å². The molecule has 0 saturated heterocycles. The average Bonchev–Trinajstić information content (AvgIpc) is 2.38. The predicted molar refractivity (Wildman–Crippen MR) is 83.7 cm³/mol. The van der Waals surface area contributed by atoms with Crippen LogP contribution in [0.25, 0.3) is 0 Å². The van der Waals surface area contributed by atoms with Gasteiger partial charge in [0.25, 0.3) is 5.91 Å². The zero-order valence-corrected chi connectivity index (χ0v) is 12.5. The molecule has 0 atom stereocenters. The Labute approximate surface area is 120 Å². The Morgan fingerprint density at radius 2 is 1.84 bits per heavy atom. The third-order valence-corrected chi connectivity index (χ3v) is 3.55. The summed E-state index contributed by atoms with van der Waals surface area (Å²) in [4.78, 5) is 15.3. The van der Waals surface area contributed by atoms with E-state index < -0.39 is 0 Å². The van der Waals surface area contributed by atoms with E-state index in [1.54, 1.807) is 28.8 Å². The van der Waals surface area contributed by atoms with Gasteiger partial charge >= 0.3 is 0 Å². The van der Waals surface area contributed by atoms with Gasteiger partial charge in [0.15, 0.2) is 0 Å². The van der Waals surface area contributed by atoms with Crippen molar-refractivity contribution in [1.29, 1.82) is 0 Å². The van der Waals surface area contributed by atoms with Gasteiger partial charge in [0.05, 0.1) is 5.56 Å². The summed E-state index contributed by atoms with van der Waals surface area (Å²) < 4.78 is 0. The van der Waals surface area contributed by atoms with E-state index in [0.29, 0.717) is 18.3 Å². The van der Waals surface area contributed by atoms with Gasteiger partial charge in [-0.2, -0.15) is 0 Å². The highest BCUT2D eigenvalue weighted by molar-refractivity contribution is 8.00. The van der Waals surface area contributed by atoms with Crippen LogP contribution in [0.3, 0.4) is 0 Å². The Bertz CT molecular complexity index is 444. The molecule has 0 N–H and O–H groups in total. The molecule has 0 fully saturated rings. The second kappa shape index (κ2) is 7.85. The lowest BCUT2D eigenvalue weighted by atomic mass is 10.2. The monoisotopic (exact) mass is 275 g/mol. The Morgan fingerprint density at radius 1 is 1.26 bits per heavy atom. The first-order chi connectivity index (χ1) is 9.10. The van der Waals surface area contributed by atoms with E-state index in [-0.39, 0.29) is 5.91 Å². The second-order valence-corrected chi connectivity index (χ2v) is 6.07. The molecule has 0 aliphatic carbocycles. The van der Waals surface area contributed by atoms with Gasteiger partial charge in [-0.15, -0.1) is 24.9 Å². The summed E-state index contributed by atoms with van der Waals surface area (Å²) in [5.41, 5.74) is 0.755. The molecule has 0 spiro atoms. The van der Waals surface area contributed by atoms with Gasteiger partial charge in [-0.3, -0.25) is 4.79 Å². The van der Waals surface area contributed by atoms with Gasteiger partial charge in [-0.05, 0) is 12.1 Å². The maximum Gasteiger partial charge on any atom is 0.255 e. The van der Waals surface area contributed by atoms with Crippen LogP contribution in [0, 0.1) is 0 Å². The molecule has 0 saturated carbocycles. The Hall–Kier alpha value is -1.48. The van der Waals surface area contributed by atoms with Crippen molar-refractivity contribution in [2.45, 2.75) is 24.0 Å². The van der Waals surface area contributed by atoms with E-state index >= 15 is 0 Å². The summed E-state index contributed by atoms with van der Waals surface area (Å²) in [5.74, 6) is 0.0311. The molecular weight excluding hydrogens is 254 g/mol. The standard InChI is InChI=1S/C16H21NOS/c1-5-11-17(12-6-2)16(18)14-9-7-8-10-15(14)19-13(3)4/h5-10,13H,1-2,11-12H2,3-4H3. The van der Waals surface area contributed by atoms with Gasteiger partial charge in [0, 0.05) is 23.2 Å². The number of thioether (sulfide) groups is 1. The molecule has 102 valence electrons. The van der Waals surface area contributed by atoms with Crippen molar-refractivity contribution in [3.8, 4) is 0 Å². The van der Waals surface area contributed by atoms with Crippen LogP contribution in [0.15, 0.2) is 54.5 Å². The number of benzene rings is 1. The first-order valence-electron chi connectivity index (χ1n) is 6.37. The number of hydrogen-bond acceptors (Lipinski definition) is 2. The topological polar surface area (TPSA) is 20.3 Å². The SMILES string of the molecule is C=CCN(CC=C)C(=O)c1ccccc1SC(C)C. The third kappa shape index (κ3) is 4.60. The molecule has 1 aromatic rings. The third-order valence-electron chi connectivity index (χ3n) is 2.47. The largest absolute Gasteiger partial charge is 0.331 e. The van der Waals surface area contributed by atoms with Crippen LogP contribution >= 0.6 is 11.8 Å². The van der Waals surface area contributed by atoms with E-state index in [4.69, 9.17) is 0 Å². The number of carbonyl (C=O) groups excluding carboxylic acids is 1. The minimum Gasteiger partial charge on any atom is -0.331 e. The average molecular weight is 275 g/mol. The molecule has 0 bridgehead atoms. The molecule has 1 amide bonds. The maximum atomic E-state index is 12.5. The fourth-order valence-corrected chi connectivity index (χ4v) is 2.67. The molecule has 1 aromatic carbocycles. The van der Waals surface area contributed by atoms with Crippen LogP contribution in [0.4, 0.5) is 0 Å². The van der Waals surface area contributed by atoms with Crippen molar-refractivity contribution in [2.24, 2.45) is 0 Å². The zero-order chi connectivity index (χ0) is 14.3. The van der Waals surface area contributed by atoms with Crippen LogP contribution in [-0.2, 0) is 0 Å². The summed E-state index contributed by atoms with van der Waals surface area (Å²) in [5, 5.41) is 0.446. The summed E-state index contributed by atoms with van der Waals surface area (Å²) in [7, 11) is 0. The van der Waals surface area contributed by atoms with Gasteiger partial charge in [-0.1, -0.05) is 38.1 Å². The van der Waals surface area contributed by atoms with Crippen LogP contribution < -0.4 is 0 Å². The lowest BCUT2D eigenvalue weighted by Gasteiger charge is -2.21. The van der Waals surface area contributed by atoms with Gasteiger partial charge < -0.3 is 4.90 Å². The first kappa shape index (κ1) is 15.6. The highest BCUT2D eigenvalue weighted by Crippen LogP contribution is 2.27. The summed E-state index contributed by atoms with van der Waals surface area (Å²) in [6.45, 7) is 12.7. The van der Waals surface area contributed by atoms with E-state index in [0.717, 1.165) is 10.5 Å². The fraction of sp³-hybridized carbons (Fsp3) is 0.312. The lowest BCUT2D eigenvalue weighted by molar-refractivity contribution is 0.0787. The molecule has 0 aromatic heterocycles. The van der Waals surface area contributed by atoms with E-state index in [1.165, 1.54) is 0 Å². The smallest absolute Gasteiger partial charge is 0.255 e. The van der Waals surface area contributed by atoms with Crippen molar-refractivity contribution >= 4 is 17.7 Å². The summed E-state index contributed by atoms with van der Waals surface area (Å²) >= 11 is 1.71. The van der Waals surface area contributed by atoms with Crippen LogP contribution in [-0.4, -0.2) is 29.1 Å². The number of nitrogens with zero attached hydrogens (tertiary/aromatic N) is 1. The highest BCUT2D eigenvalue weighted by Gasteiger charge is 2.17. The predicted octanol–water partition coefficient (Wildman–Crippen LogP) is 4.00. The van der Waals surface area contributed by atoms with E-state index in [9.17, 15) is 4.79 Å². The molecule has 0 unspecified atom stereocenters. The molecule has 3 heteroatoms. The molecule has 2 nitrogen and oxygen atoms in total. The Balaban J connectivity index is 3.02. The minimum absolute atomic E-state index is 0.0311. The molecule has 19 heavy (non-hydrogen) atoms. The van der Waals surface area contributed by atoms with Crippen molar-refractivity contribution in [3.63, 3.8) is 0 Å². The lowest BCUT2D eigenvalue weighted by Crippen LogP contribution is -2.31. The first-order valence-corrected chi connectivity index (χ1v) is 7.24. The zero-order valence-electron chi connectivity index (χ0n) is 11.6. The molecule has 0 heterocycles. The summed E-state index contributed by atoms with van der Waals surface area (Å²) in [6, 6.07) is 7.74. The molecule has 0 aliphatic rings. The Morgan fingerprint density at radius 3 is 2.37 bits per heavy atom. The normalized spacial score (nSPS) is 10.3.